The van der Waals surface area contributed by atoms with Crippen LogP contribution >= 0.6 is 11.3 Å². The van der Waals surface area contributed by atoms with Crippen LogP contribution in [0.5, 0.6) is 0 Å². The van der Waals surface area contributed by atoms with E-state index in [0.29, 0.717) is 18.7 Å². The van der Waals surface area contributed by atoms with Gasteiger partial charge in [0.05, 0.1) is 17.1 Å². The molecule has 3 aromatic rings. The number of carbonyl (C=O) groups excluding carboxylic acids is 1. The molecule has 0 saturated carbocycles. The van der Waals surface area contributed by atoms with Crippen molar-refractivity contribution in [1.29, 1.82) is 0 Å². The van der Waals surface area contributed by atoms with Gasteiger partial charge in [0.25, 0.3) is 5.91 Å². The van der Waals surface area contributed by atoms with Crippen LogP contribution in [0.2, 0.25) is 0 Å². The molecular formula is C15H16N6OS. The van der Waals surface area contributed by atoms with Crippen molar-refractivity contribution in [3.63, 3.8) is 0 Å². The topological polar surface area (TPSA) is 67.2 Å². The van der Waals surface area contributed by atoms with Gasteiger partial charge in [0.15, 0.2) is 0 Å². The van der Waals surface area contributed by atoms with Gasteiger partial charge in [-0.15, -0.1) is 11.3 Å². The molecule has 118 valence electrons. The van der Waals surface area contributed by atoms with Gasteiger partial charge in [-0.3, -0.25) is 9.48 Å². The van der Waals surface area contributed by atoms with Crippen LogP contribution in [0.25, 0.3) is 10.2 Å². The molecule has 3 aromatic heterocycles. The van der Waals surface area contributed by atoms with E-state index >= 15 is 0 Å². The lowest BCUT2D eigenvalue weighted by Crippen LogP contribution is -2.49. The van der Waals surface area contributed by atoms with E-state index in [9.17, 15) is 4.79 Å². The Morgan fingerprint density at radius 2 is 2.04 bits per heavy atom. The number of rotatable bonds is 2. The number of amides is 1. The van der Waals surface area contributed by atoms with Gasteiger partial charge in [-0.05, 0) is 11.4 Å². The zero-order valence-corrected chi connectivity index (χ0v) is 13.5. The molecule has 1 aliphatic heterocycles. The Morgan fingerprint density at radius 3 is 2.78 bits per heavy atom. The van der Waals surface area contributed by atoms with Crippen LogP contribution in [0, 0.1) is 0 Å². The number of anilines is 1. The van der Waals surface area contributed by atoms with Crippen molar-refractivity contribution in [2.24, 2.45) is 7.05 Å². The number of nitrogens with zero attached hydrogens (tertiary/aromatic N) is 6. The summed E-state index contributed by atoms with van der Waals surface area (Å²) < 4.78 is 1.65. The van der Waals surface area contributed by atoms with Gasteiger partial charge in [0.1, 0.15) is 17.0 Å². The van der Waals surface area contributed by atoms with Crippen LogP contribution in [0.3, 0.4) is 0 Å². The SMILES string of the molecule is Cn1cc(C(=O)N2CCN(c3ncnc4sccc34)CC2)cn1. The van der Waals surface area contributed by atoms with Gasteiger partial charge < -0.3 is 9.80 Å². The average Bonchev–Trinajstić information content (AvgIpc) is 3.22. The quantitative estimate of drug-likeness (QED) is 0.711. The van der Waals surface area contributed by atoms with E-state index in [1.54, 1.807) is 34.7 Å². The van der Waals surface area contributed by atoms with Crippen LogP contribution in [-0.4, -0.2) is 56.7 Å². The van der Waals surface area contributed by atoms with E-state index in [2.05, 4.69) is 26.0 Å². The van der Waals surface area contributed by atoms with Gasteiger partial charge in [0.2, 0.25) is 0 Å². The fourth-order valence-corrected chi connectivity index (χ4v) is 3.59. The third kappa shape index (κ3) is 2.55. The highest BCUT2D eigenvalue weighted by atomic mass is 32.1. The number of piperazine rings is 1. The number of aromatic nitrogens is 4. The maximum absolute atomic E-state index is 12.5. The third-order valence-corrected chi connectivity index (χ3v) is 4.88. The van der Waals surface area contributed by atoms with Crippen molar-refractivity contribution in [3.8, 4) is 0 Å². The number of aryl methyl sites for hydroxylation is 1. The van der Waals surface area contributed by atoms with Crippen molar-refractivity contribution in [1.82, 2.24) is 24.6 Å². The van der Waals surface area contributed by atoms with Crippen LogP contribution in [0.1, 0.15) is 10.4 Å². The molecule has 0 atom stereocenters. The second-order valence-electron chi connectivity index (χ2n) is 5.52. The Kier molecular flexibility index (Phi) is 3.45. The number of hydrogen-bond donors (Lipinski definition) is 0. The molecule has 0 N–H and O–H groups in total. The predicted molar refractivity (Wildman–Crippen MR) is 88.7 cm³/mol. The normalized spacial score (nSPS) is 15.3. The van der Waals surface area contributed by atoms with Crippen molar-refractivity contribution in [2.45, 2.75) is 0 Å². The van der Waals surface area contributed by atoms with E-state index < -0.39 is 0 Å². The molecule has 7 nitrogen and oxygen atoms in total. The molecule has 23 heavy (non-hydrogen) atoms. The minimum atomic E-state index is 0.0427. The molecule has 0 radical (unpaired) electrons. The molecule has 0 unspecified atom stereocenters. The molecule has 0 spiro atoms. The van der Waals surface area contributed by atoms with Gasteiger partial charge in [0, 0.05) is 39.4 Å². The average molecular weight is 328 g/mol. The van der Waals surface area contributed by atoms with Crippen molar-refractivity contribution < 1.29 is 4.79 Å². The van der Waals surface area contributed by atoms with Gasteiger partial charge >= 0.3 is 0 Å². The summed E-state index contributed by atoms with van der Waals surface area (Å²) in [6, 6.07) is 2.06. The molecule has 0 aromatic carbocycles. The summed E-state index contributed by atoms with van der Waals surface area (Å²) in [5, 5.41) is 7.19. The molecule has 1 aliphatic rings. The summed E-state index contributed by atoms with van der Waals surface area (Å²) in [5.41, 5.74) is 0.642. The molecule has 1 amide bonds. The minimum absolute atomic E-state index is 0.0427. The molecule has 8 heteroatoms. The van der Waals surface area contributed by atoms with Crippen molar-refractivity contribution >= 4 is 33.3 Å². The summed E-state index contributed by atoms with van der Waals surface area (Å²) in [6.45, 7) is 2.91. The maximum Gasteiger partial charge on any atom is 0.257 e. The van der Waals surface area contributed by atoms with E-state index in [4.69, 9.17) is 0 Å². The lowest BCUT2D eigenvalue weighted by molar-refractivity contribution is 0.0746. The summed E-state index contributed by atoms with van der Waals surface area (Å²) >= 11 is 1.62. The molecular weight excluding hydrogens is 312 g/mol. The van der Waals surface area contributed by atoms with Crippen molar-refractivity contribution in [2.75, 3.05) is 31.1 Å². The van der Waals surface area contributed by atoms with Crippen LogP contribution in [0.15, 0.2) is 30.2 Å². The summed E-state index contributed by atoms with van der Waals surface area (Å²) in [7, 11) is 1.82. The van der Waals surface area contributed by atoms with Crippen LogP contribution < -0.4 is 4.90 Å². The number of thiophene rings is 1. The lowest BCUT2D eigenvalue weighted by atomic mass is 10.2. The fourth-order valence-electron chi connectivity index (χ4n) is 2.86. The van der Waals surface area contributed by atoms with Gasteiger partial charge in [-0.25, -0.2) is 9.97 Å². The molecule has 1 saturated heterocycles. The molecule has 4 heterocycles. The Morgan fingerprint density at radius 1 is 1.22 bits per heavy atom. The second-order valence-corrected chi connectivity index (χ2v) is 6.41. The van der Waals surface area contributed by atoms with E-state index in [1.807, 2.05) is 17.3 Å². The van der Waals surface area contributed by atoms with Crippen LogP contribution in [-0.2, 0) is 7.05 Å². The summed E-state index contributed by atoms with van der Waals surface area (Å²) in [6.07, 6.45) is 4.99. The predicted octanol–water partition coefficient (Wildman–Crippen LogP) is 1.39. The first-order valence-electron chi connectivity index (χ1n) is 7.43. The first kappa shape index (κ1) is 14.1. The largest absolute Gasteiger partial charge is 0.352 e. The number of carbonyl (C=O) groups is 1. The number of fused-ring (bicyclic) bond motifs is 1. The standard InChI is InChI=1S/C15H16N6OS/c1-19-9-11(8-18-19)15(22)21-5-3-20(4-6-21)13-12-2-7-23-14(12)17-10-16-13/h2,7-10H,3-6H2,1H3. The molecule has 0 aliphatic carbocycles. The summed E-state index contributed by atoms with van der Waals surface area (Å²) in [4.78, 5) is 26.3. The minimum Gasteiger partial charge on any atom is -0.352 e. The molecule has 4 rings (SSSR count). The van der Waals surface area contributed by atoms with Crippen molar-refractivity contribution in [3.05, 3.63) is 35.7 Å². The van der Waals surface area contributed by atoms with Gasteiger partial charge in [-0.2, -0.15) is 5.10 Å². The molecule has 0 bridgehead atoms. The number of hydrogen-bond acceptors (Lipinski definition) is 6. The Bertz CT molecular complexity index is 848. The highest BCUT2D eigenvalue weighted by molar-refractivity contribution is 7.16. The zero-order chi connectivity index (χ0) is 15.8. The van der Waals surface area contributed by atoms with E-state index in [-0.39, 0.29) is 5.91 Å². The first-order valence-corrected chi connectivity index (χ1v) is 8.31. The van der Waals surface area contributed by atoms with Crippen LogP contribution in [0.4, 0.5) is 5.82 Å². The highest BCUT2D eigenvalue weighted by Gasteiger charge is 2.24. The Labute approximate surface area is 137 Å². The van der Waals surface area contributed by atoms with E-state index in [1.165, 1.54) is 0 Å². The second kappa shape index (κ2) is 5.62. The zero-order valence-electron chi connectivity index (χ0n) is 12.7. The highest BCUT2D eigenvalue weighted by Crippen LogP contribution is 2.27. The third-order valence-electron chi connectivity index (χ3n) is 4.06. The fraction of sp³-hybridized carbons (Fsp3) is 0.333. The van der Waals surface area contributed by atoms with E-state index in [0.717, 1.165) is 29.1 Å². The monoisotopic (exact) mass is 328 g/mol. The summed E-state index contributed by atoms with van der Waals surface area (Å²) in [5.74, 6) is 1.01. The smallest absolute Gasteiger partial charge is 0.257 e. The first-order chi connectivity index (χ1) is 11.2. The maximum atomic E-state index is 12.5. The Balaban J connectivity index is 1.49. The van der Waals surface area contributed by atoms with Gasteiger partial charge in [-0.1, -0.05) is 0 Å². The Hall–Kier alpha value is -2.48. The molecule has 1 fully saturated rings. The lowest BCUT2D eigenvalue weighted by Gasteiger charge is -2.35.